The molecule has 1 heterocycles. The number of rotatable bonds is 5. The Balaban J connectivity index is 1.73. The summed E-state index contributed by atoms with van der Waals surface area (Å²) in [5.41, 5.74) is 6.24. The summed E-state index contributed by atoms with van der Waals surface area (Å²) in [5.74, 6) is 0.521. The second kappa shape index (κ2) is 5.97. The van der Waals surface area contributed by atoms with Gasteiger partial charge < -0.3 is 15.8 Å². The van der Waals surface area contributed by atoms with Gasteiger partial charge in [0, 0.05) is 23.3 Å². The van der Waals surface area contributed by atoms with Crippen molar-refractivity contribution in [1.29, 1.82) is 0 Å². The van der Waals surface area contributed by atoms with Crippen LogP contribution >= 0.6 is 11.5 Å². The first-order valence-corrected chi connectivity index (χ1v) is 6.07. The highest BCUT2D eigenvalue weighted by Crippen LogP contribution is 2.14. The Morgan fingerprint density at radius 2 is 2.39 bits per heavy atom. The van der Waals surface area contributed by atoms with E-state index in [0.29, 0.717) is 23.0 Å². The van der Waals surface area contributed by atoms with E-state index in [1.165, 1.54) is 6.20 Å². The van der Waals surface area contributed by atoms with Crippen LogP contribution in [-0.4, -0.2) is 22.1 Å². The van der Waals surface area contributed by atoms with Gasteiger partial charge in [0.15, 0.2) is 0 Å². The van der Waals surface area contributed by atoms with Crippen LogP contribution in [0, 0.1) is 0 Å². The molecule has 3 N–H and O–H groups in total. The van der Waals surface area contributed by atoms with Crippen LogP contribution in [-0.2, 0) is 4.79 Å². The fourth-order valence-electron chi connectivity index (χ4n) is 1.29. The summed E-state index contributed by atoms with van der Waals surface area (Å²) >= 11 is 1.13. The van der Waals surface area contributed by atoms with E-state index in [-0.39, 0.29) is 12.3 Å². The number of hydrogen-bond donors (Lipinski definition) is 2. The zero-order chi connectivity index (χ0) is 12.8. The number of aromatic nitrogens is 2. The third-order valence-electron chi connectivity index (χ3n) is 2.08. The molecule has 0 aliphatic carbocycles. The van der Waals surface area contributed by atoms with Crippen LogP contribution in [0.15, 0.2) is 30.5 Å². The summed E-state index contributed by atoms with van der Waals surface area (Å²) in [5, 5.41) is 6.92. The summed E-state index contributed by atoms with van der Waals surface area (Å²) in [6.07, 6.45) is 1.76. The molecule has 2 rings (SSSR count). The Morgan fingerprint density at radius 1 is 1.50 bits per heavy atom. The second-order valence-corrected chi connectivity index (χ2v) is 4.29. The molecule has 0 bridgehead atoms. The Morgan fingerprint density at radius 3 is 3.11 bits per heavy atom. The van der Waals surface area contributed by atoms with Crippen molar-refractivity contribution in [3.8, 4) is 5.75 Å². The molecule has 0 saturated carbocycles. The van der Waals surface area contributed by atoms with Crippen LogP contribution < -0.4 is 15.8 Å². The molecule has 1 aromatic heterocycles. The number of nitrogens with two attached hydrogens (primary N) is 1. The maximum atomic E-state index is 11.5. The first-order chi connectivity index (χ1) is 8.74. The molecule has 0 aliphatic rings. The summed E-state index contributed by atoms with van der Waals surface area (Å²) < 4.78 is 9.05. The monoisotopic (exact) mass is 264 g/mol. The van der Waals surface area contributed by atoms with Gasteiger partial charge in [-0.3, -0.25) is 4.79 Å². The topological polar surface area (TPSA) is 90.1 Å². The smallest absolute Gasteiger partial charge is 0.228 e. The molecule has 0 spiro atoms. The van der Waals surface area contributed by atoms with Crippen LogP contribution in [0.25, 0.3) is 0 Å². The standard InChI is InChI=1S/C11H12N4O2S/c12-8-2-1-3-9(6-8)17-5-4-10(16)14-11-7-13-15-18-11/h1-3,6-7H,4-5,12H2,(H,14,16). The molecule has 18 heavy (non-hydrogen) atoms. The van der Waals surface area contributed by atoms with E-state index >= 15 is 0 Å². The number of carbonyl (C=O) groups excluding carboxylic acids is 1. The number of amides is 1. The Labute approximate surface area is 108 Å². The summed E-state index contributed by atoms with van der Waals surface area (Å²) in [4.78, 5) is 11.5. The van der Waals surface area contributed by atoms with Gasteiger partial charge in [-0.05, 0) is 12.1 Å². The van der Waals surface area contributed by atoms with E-state index in [1.54, 1.807) is 24.3 Å². The van der Waals surface area contributed by atoms with Crippen molar-refractivity contribution in [2.45, 2.75) is 6.42 Å². The minimum atomic E-state index is -0.134. The van der Waals surface area contributed by atoms with Crippen LogP contribution in [0.2, 0.25) is 0 Å². The van der Waals surface area contributed by atoms with Gasteiger partial charge in [0.05, 0.1) is 19.2 Å². The van der Waals surface area contributed by atoms with Gasteiger partial charge in [0.1, 0.15) is 10.8 Å². The highest BCUT2D eigenvalue weighted by Gasteiger charge is 2.04. The van der Waals surface area contributed by atoms with Gasteiger partial charge in [-0.25, -0.2) is 0 Å². The number of benzene rings is 1. The zero-order valence-corrected chi connectivity index (χ0v) is 10.3. The fraction of sp³-hybridized carbons (Fsp3) is 0.182. The maximum Gasteiger partial charge on any atom is 0.228 e. The first kappa shape index (κ1) is 12.3. The van der Waals surface area contributed by atoms with Crippen LogP contribution in [0.3, 0.4) is 0 Å². The van der Waals surface area contributed by atoms with Gasteiger partial charge in [0.2, 0.25) is 5.91 Å². The van der Waals surface area contributed by atoms with Crippen molar-refractivity contribution < 1.29 is 9.53 Å². The van der Waals surface area contributed by atoms with E-state index in [2.05, 4.69) is 14.9 Å². The fourth-order valence-corrected chi connectivity index (χ4v) is 1.72. The molecule has 0 aliphatic heterocycles. The van der Waals surface area contributed by atoms with Crippen molar-refractivity contribution in [3.63, 3.8) is 0 Å². The second-order valence-electron chi connectivity index (χ2n) is 3.50. The maximum absolute atomic E-state index is 11.5. The minimum absolute atomic E-state index is 0.134. The lowest BCUT2D eigenvalue weighted by Gasteiger charge is -2.06. The van der Waals surface area contributed by atoms with Crippen molar-refractivity contribution in [2.24, 2.45) is 0 Å². The molecular weight excluding hydrogens is 252 g/mol. The van der Waals surface area contributed by atoms with Gasteiger partial charge in [-0.2, -0.15) is 0 Å². The van der Waals surface area contributed by atoms with Gasteiger partial charge in [-0.15, -0.1) is 5.10 Å². The molecule has 1 aromatic carbocycles. The molecule has 1 amide bonds. The summed E-state index contributed by atoms with van der Waals surface area (Å²) in [6.45, 7) is 0.293. The molecule has 0 unspecified atom stereocenters. The Kier molecular flexibility index (Phi) is 4.08. The Bertz CT molecular complexity index is 516. The number of nitrogen functional groups attached to an aromatic ring is 1. The Hall–Kier alpha value is -2.15. The first-order valence-electron chi connectivity index (χ1n) is 5.29. The number of nitrogens with one attached hydrogen (secondary N) is 1. The normalized spacial score (nSPS) is 10.0. The van der Waals surface area contributed by atoms with Crippen LogP contribution in [0.5, 0.6) is 5.75 Å². The summed E-state index contributed by atoms with van der Waals surface area (Å²) in [7, 11) is 0. The third kappa shape index (κ3) is 3.70. The third-order valence-corrected chi connectivity index (χ3v) is 2.66. The number of nitrogens with zero attached hydrogens (tertiary/aromatic N) is 2. The number of carbonyl (C=O) groups is 1. The van der Waals surface area contributed by atoms with Gasteiger partial charge in [0.25, 0.3) is 0 Å². The largest absolute Gasteiger partial charge is 0.493 e. The van der Waals surface area contributed by atoms with E-state index in [1.807, 2.05) is 0 Å². The van der Waals surface area contributed by atoms with Crippen molar-refractivity contribution in [1.82, 2.24) is 9.59 Å². The molecule has 2 aromatic rings. The van der Waals surface area contributed by atoms with Crippen LogP contribution in [0.1, 0.15) is 6.42 Å². The number of ether oxygens (including phenoxy) is 1. The summed E-state index contributed by atoms with van der Waals surface area (Å²) in [6, 6.07) is 7.08. The van der Waals surface area contributed by atoms with Gasteiger partial charge in [-0.1, -0.05) is 10.6 Å². The number of hydrogen-bond acceptors (Lipinski definition) is 6. The molecule has 0 saturated heterocycles. The molecule has 6 nitrogen and oxygen atoms in total. The van der Waals surface area contributed by atoms with E-state index < -0.39 is 0 Å². The molecule has 94 valence electrons. The van der Waals surface area contributed by atoms with Crippen molar-refractivity contribution >= 4 is 28.1 Å². The quantitative estimate of drug-likeness (QED) is 0.799. The number of anilines is 2. The van der Waals surface area contributed by atoms with Gasteiger partial charge >= 0.3 is 0 Å². The zero-order valence-electron chi connectivity index (χ0n) is 9.50. The predicted molar refractivity (Wildman–Crippen MR) is 69.5 cm³/mol. The lowest BCUT2D eigenvalue weighted by Crippen LogP contribution is -2.14. The SMILES string of the molecule is Nc1cccc(OCCC(=O)Nc2cnns2)c1. The molecule has 7 heteroatoms. The van der Waals surface area contributed by atoms with Crippen molar-refractivity contribution in [3.05, 3.63) is 30.5 Å². The minimum Gasteiger partial charge on any atom is -0.493 e. The van der Waals surface area contributed by atoms with E-state index in [0.717, 1.165) is 11.5 Å². The average Bonchev–Trinajstić information content (AvgIpc) is 2.82. The van der Waals surface area contributed by atoms with E-state index in [4.69, 9.17) is 10.5 Å². The van der Waals surface area contributed by atoms with E-state index in [9.17, 15) is 4.79 Å². The predicted octanol–water partition coefficient (Wildman–Crippen LogP) is 1.53. The molecule has 0 fully saturated rings. The molecule has 0 radical (unpaired) electrons. The average molecular weight is 264 g/mol. The lowest BCUT2D eigenvalue weighted by molar-refractivity contribution is -0.116. The van der Waals surface area contributed by atoms with Crippen molar-refractivity contribution in [2.75, 3.05) is 17.7 Å². The lowest BCUT2D eigenvalue weighted by atomic mass is 10.3. The highest BCUT2D eigenvalue weighted by molar-refractivity contribution is 7.10. The molecule has 0 atom stereocenters. The highest BCUT2D eigenvalue weighted by atomic mass is 32.1. The van der Waals surface area contributed by atoms with Crippen LogP contribution in [0.4, 0.5) is 10.7 Å². The molecular formula is C11H12N4O2S.